The van der Waals surface area contributed by atoms with Crippen LogP contribution >= 0.6 is 0 Å². The topological polar surface area (TPSA) is 105 Å². The number of benzene rings is 2. The highest BCUT2D eigenvalue weighted by Crippen LogP contribution is 2.27. The van der Waals surface area contributed by atoms with Crippen molar-refractivity contribution in [3.63, 3.8) is 0 Å². The first kappa shape index (κ1) is 24.7. The van der Waals surface area contributed by atoms with Crippen molar-refractivity contribution >= 4 is 33.2 Å². The number of nitrogens with zero attached hydrogens (tertiary/aromatic N) is 1. The van der Waals surface area contributed by atoms with Gasteiger partial charge in [0.25, 0.3) is 0 Å². The average Bonchev–Trinajstić information content (AvgIpc) is 3.21. The van der Waals surface area contributed by atoms with Crippen LogP contribution in [0.1, 0.15) is 39.0 Å². The molecule has 1 fully saturated rings. The van der Waals surface area contributed by atoms with Crippen molar-refractivity contribution in [2.24, 2.45) is 5.92 Å². The van der Waals surface area contributed by atoms with Crippen LogP contribution in [-0.2, 0) is 19.6 Å². The Bertz CT molecular complexity index is 1050. The lowest BCUT2D eigenvalue weighted by molar-refractivity contribution is -0.122. The second-order valence-electron chi connectivity index (χ2n) is 8.08. The maximum atomic E-state index is 12.7. The van der Waals surface area contributed by atoms with Gasteiger partial charge in [0.1, 0.15) is 5.75 Å². The second kappa shape index (κ2) is 11.3. The molecule has 1 atom stereocenters. The van der Waals surface area contributed by atoms with Crippen LogP contribution in [0.2, 0.25) is 0 Å². The molecule has 2 N–H and O–H groups in total. The van der Waals surface area contributed by atoms with Gasteiger partial charge in [-0.2, -0.15) is 0 Å². The Labute approximate surface area is 195 Å². The maximum Gasteiger partial charge on any atom is 0.240 e. The Balaban J connectivity index is 1.55. The van der Waals surface area contributed by atoms with Crippen LogP contribution in [0, 0.1) is 5.92 Å². The molecule has 0 aliphatic carbocycles. The van der Waals surface area contributed by atoms with Gasteiger partial charge in [0, 0.05) is 30.9 Å². The first-order valence-electron chi connectivity index (χ1n) is 11.2. The molecule has 9 heteroatoms. The van der Waals surface area contributed by atoms with E-state index in [1.165, 1.54) is 12.1 Å². The van der Waals surface area contributed by atoms with Crippen LogP contribution in [0.3, 0.4) is 0 Å². The van der Waals surface area contributed by atoms with Gasteiger partial charge in [-0.1, -0.05) is 26.2 Å². The molecule has 2 amide bonds. The molecule has 2 aromatic carbocycles. The van der Waals surface area contributed by atoms with Crippen LogP contribution in [0.15, 0.2) is 53.4 Å². The predicted molar refractivity (Wildman–Crippen MR) is 128 cm³/mol. The summed E-state index contributed by atoms with van der Waals surface area (Å²) in [6.07, 6.45) is 4.08. The molecule has 0 aromatic heterocycles. The molecule has 1 aliphatic heterocycles. The summed E-state index contributed by atoms with van der Waals surface area (Å²) in [5.74, 6) is -0.194. The van der Waals surface area contributed by atoms with E-state index in [4.69, 9.17) is 4.74 Å². The molecule has 0 spiro atoms. The number of carbonyl (C=O) groups excluding carboxylic acids is 2. The molecule has 1 saturated heterocycles. The number of rotatable bonds is 11. The number of amides is 2. The largest absolute Gasteiger partial charge is 0.497 e. The van der Waals surface area contributed by atoms with Gasteiger partial charge in [0.2, 0.25) is 21.8 Å². The predicted octanol–water partition coefficient (Wildman–Crippen LogP) is 3.55. The molecule has 1 aliphatic rings. The van der Waals surface area contributed by atoms with Crippen molar-refractivity contribution in [1.82, 2.24) is 4.72 Å². The lowest BCUT2D eigenvalue weighted by Crippen LogP contribution is -2.28. The first-order valence-corrected chi connectivity index (χ1v) is 12.7. The number of hydrogen-bond acceptors (Lipinski definition) is 5. The van der Waals surface area contributed by atoms with Gasteiger partial charge < -0.3 is 15.0 Å². The minimum Gasteiger partial charge on any atom is -0.497 e. The molecule has 2 aromatic rings. The standard InChI is InChI=1S/C24H31N3O5S/c1-3-4-5-6-15-25-33(30,31)22-13-7-19(8-14-22)26-24(29)18-16-23(28)27(17-18)20-9-11-21(32-2)12-10-20/h7-14,18,25H,3-6,15-17H2,1-2H3,(H,26,29)/t18-/m0/s1. The van der Waals surface area contributed by atoms with Crippen LogP contribution in [-0.4, -0.2) is 40.4 Å². The lowest BCUT2D eigenvalue weighted by Gasteiger charge is -2.17. The molecule has 0 radical (unpaired) electrons. The fraction of sp³-hybridized carbons (Fsp3) is 0.417. The highest BCUT2D eigenvalue weighted by atomic mass is 32.2. The van der Waals surface area contributed by atoms with E-state index in [1.807, 2.05) is 0 Å². The van der Waals surface area contributed by atoms with Gasteiger partial charge in [-0.25, -0.2) is 13.1 Å². The molecule has 8 nitrogen and oxygen atoms in total. The van der Waals surface area contributed by atoms with Crippen molar-refractivity contribution in [1.29, 1.82) is 0 Å². The fourth-order valence-corrected chi connectivity index (χ4v) is 4.77. The monoisotopic (exact) mass is 473 g/mol. The van der Waals surface area contributed by atoms with E-state index < -0.39 is 15.9 Å². The summed E-state index contributed by atoms with van der Waals surface area (Å²) in [6, 6.07) is 13.2. The number of nitrogens with one attached hydrogen (secondary N) is 2. The highest BCUT2D eigenvalue weighted by Gasteiger charge is 2.35. The van der Waals surface area contributed by atoms with E-state index in [0.29, 0.717) is 23.7 Å². The molecular formula is C24H31N3O5S. The second-order valence-corrected chi connectivity index (χ2v) is 9.84. The number of anilines is 2. The van der Waals surface area contributed by atoms with Gasteiger partial charge in [0.05, 0.1) is 17.9 Å². The average molecular weight is 474 g/mol. The third-order valence-electron chi connectivity index (χ3n) is 5.63. The fourth-order valence-electron chi connectivity index (χ4n) is 3.70. The van der Waals surface area contributed by atoms with E-state index in [0.717, 1.165) is 25.7 Å². The van der Waals surface area contributed by atoms with Gasteiger partial charge in [-0.3, -0.25) is 9.59 Å². The van der Waals surface area contributed by atoms with Gasteiger partial charge >= 0.3 is 0 Å². The number of methoxy groups -OCH3 is 1. The van der Waals surface area contributed by atoms with Gasteiger partial charge in [-0.05, 0) is 55.0 Å². The van der Waals surface area contributed by atoms with Crippen molar-refractivity contribution in [2.75, 3.05) is 30.4 Å². The quantitative estimate of drug-likeness (QED) is 0.486. The van der Waals surface area contributed by atoms with Gasteiger partial charge in [0.15, 0.2) is 0 Å². The lowest BCUT2D eigenvalue weighted by atomic mass is 10.1. The Kier molecular flexibility index (Phi) is 8.46. The third kappa shape index (κ3) is 6.55. The zero-order chi connectivity index (χ0) is 23.8. The zero-order valence-corrected chi connectivity index (χ0v) is 19.9. The van der Waals surface area contributed by atoms with E-state index in [1.54, 1.807) is 48.4 Å². The van der Waals surface area contributed by atoms with Crippen molar-refractivity contribution in [2.45, 2.75) is 43.9 Å². The molecule has 0 unspecified atom stereocenters. The zero-order valence-electron chi connectivity index (χ0n) is 19.0. The summed E-state index contributed by atoms with van der Waals surface area (Å²) in [6.45, 7) is 2.79. The number of carbonyl (C=O) groups is 2. The number of ether oxygens (including phenoxy) is 1. The first-order chi connectivity index (χ1) is 15.8. The minimum absolute atomic E-state index is 0.117. The van der Waals surface area contributed by atoms with E-state index in [2.05, 4.69) is 17.0 Å². The Morgan fingerprint density at radius 3 is 2.39 bits per heavy atom. The number of hydrogen-bond donors (Lipinski definition) is 2. The molecule has 33 heavy (non-hydrogen) atoms. The van der Waals surface area contributed by atoms with Gasteiger partial charge in [-0.15, -0.1) is 0 Å². The van der Waals surface area contributed by atoms with Crippen molar-refractivity contribution < 1.29 is 22.7 Å². The molecule has 0 bridgehead atoms. The molecule has 3 rings (SSSR count). The molecule has 0 saturated carbocycles. The highest BCUT2D eigenvalue weighted by molar-refractivity contribution is 7.89. The molecular weight excluding hydrogens is 442 g/mol. The maximum absolute atomic E-state index is 12.7. The van der Waals surface area contributed by atoms with E-state index >= 15 is 0 Å². The summed E-state index contributed by atoms with van der Waals surface area (Å²) in [4.78, 5) is 26.9. The van der Waals surface area contributed by atoms with Crippen LogP contribution in [0.5, 0.6) is 5.75 Å². The van der Waals surface area contributed by atoms with Crippen molar-refractivity contribution in [3.8, 4) is 5.75 Å². The van der Waals surface area contributed by atoms with E-state index in [9.17, 15) is 18.0 Å². The van der Waals surface area contributed by atoms with E-state index in [-0.39, 0.29) is 29.7 Å². The summed E-state index contributed by atoms with van der Waals surface area (Å²) >= 11 is 0. The number of sulfonamides is 1. The Morgan fingerprint density at radius 2 is 1.76 bits per heavy atom. The summed E-state index contributed by atoms with van der Waals surface area (Å²) in [7, 11) is -2.01. The van der Waals surface area contributed by atoms with Crippen molar-refractivity contribution in [3.05, 3.63) is 48.5 Å². The van der Waals surface area contributed by atoms with Crippen LogP contribution in [0.4, 0.5) is 11.4 Å². The van der Waals surface area contributed by atoms with Crippen LogP contribution in [0.25, 0.3) is 0 Å². The smallest absolute Gasteiger partial charge is 0.240 e. The summed E-state index contributed by atoms with van der Waals surface area (Å²) in [5, 5.41) is 2.79. The minimum atomic E-state index is -3.58. The summed E-state index contributed by atoms with van der Waals surface area (Å²) < 4.78 is 32.6. The Hall–Kier alpha value is -2.91. The molecule has 1 heterocycles. The number of unbranched alkanes of at least 4 members (excludes halogenated alkanes) is 3. The normalized spacial score (nSPS) is 16.1. The SMILES string of the molecule is CCCCCCNS(=O)(=O)c1ccc(NC(=O)[C@H]2CC(=O)N(c3ccc(OC)cc3)C2)cc1. The summed E-state index contributed by atoms with van der Waals surface area (Å²) in [5.41, 5.74) is 1.20. The van der Waals surface area contributed by atoms with Crippen LogP contribution < -0.4 is 19.7 Å². The third-order valence-corrected chi connectivity index (χ3v) is 7.11. The Morgan fingerprint density at radius 1 is 1.06 bits per heavy atom. The molecule has 178 valence electrons.